The molecule has 2 aliphatic rings. The van der Waals surface area contributed by atoms with Gasteiger partial charge in [-0.2, -0.15) is 0 Å². The van der Waals surface area contributed by atoms with Crippen LogP contribution in [0.2, 0.25) is 10.0 Å². The number of methoxy groups -OCH3 is 2. The average molecular weight is 708 g/mol. The van der Waals surface area contributed by atoms with Crippen LogP contribution in [0.1, 0.15) is 47.9 Å². The van der Waals surface area contributed by atoms with Crippen LogP contribution in [0.25, 0.3) is 12.2 Å². The molecule has 0 bridgehead atoms. The largest absolute Gasteiger partial charge is 0.497 e. The molecule has 50 heavy (non-hydrogen) atoms. The van der Waals surface area contributed by atoms with Gasteiger partial charge in [0.25, 0.3) is 11.8 Å². The number of amides is 2. The van der Waals surface area contributed by atoms with E-state index in [0.717, 1.165) is 59.4 Å². The monoisotopic (exact) mass is 706 g/mol. The minimum atomic E-state index is -0.145. The zero-order valence-electron chi connectivity index (χ0n) is 27.8. The molecule has 0 radical (unpaired) electrons. The predicted molar refractivity (Wildman–Crippen MR) is 200 cm³/mol. The number of unbranched alkanes of at least 4 members (excludes halogenated alkanes) is 3. The van der Waals surface area contributed by atoms with Crippen LogP contribution in [0.3, 0.4) is 0 Å². The Balaban J connectivity index is 1.11. The van der Waals surface area contributed by atoms with E-state index < -0.39 is 0 Å². The second kappa shape index (κ2) is 16.0. The van der Waals surface area contributed by atoms with Gasteiger partial charge in [-0.15, -0.1) is 0 Å². The first kappa shape index (κ1) is 34.7. The molecule has 0 saturated carbocycles. The van der Waals surface area contributed by atoms with Gasteiger partial charge in [-0.3, -0.25) is 19.4 Å². The number of aliphatic imine (C=N–C) groups is 2. The summed E-state index contributed by atoms with van der Waals surface area (Å²) in [6.07, 6.45) is 6.83. The zero-order valence-corrected chi connectivity index (χ0v) is 29.3. The molecule has 10 heteroatoms. The highest BCUT2D eigenvalue weighted by Gasteiger charge is 2.32. The van der Waals surface area contributed by atoms with E-state index in [2.05, 4.69) is 0 Å². The smallest absolute Gasteiger partial charge is 0.278 e. The van der Waals surface area contributed by atoms with Crippen LogP contribution in [-0.4, -0.2) is 60.6 Å². The third kappa shape index (κ3) is 8.16. The lowest BCUT2D eigenvalue weighted by molar-refractivity contribution is -0.123. The second-order valence-corrected chi connectivity index (χ2v) is 12.7. The molecule has 2 amide bonds. The van der Waals surface area contributed by atoms with E-state index >= 15 is 0 Å². The Morgan fingerprint density at radius 3 is 1.24 bits per heavy atom. The second-order valence-electron chi connectivity index (χ2n) is 11.8. The normalized spacial score (nSPS) is 16.0. The Morgan fingerprint density at radius 2 is 0.900 bits per heavy atom. The summed E-state index contributed by atoms with van der Waals surface area (Å²) in [5.74, 6) is 2.39. The zero-order chi connectivity index (χ0) is 35.0. The topological polar surface area (TPSA) is 83.8 Å². The van der Waals surface area contributed by atoms with E-state index in [0.29, 0.717) is 46.2 Å². The highest BCUT2D eigenvalue weighted by atomic mass is 35.5. The molecular weight excluding hydrogens is 671 g/mol. The molecule has 254 valence electrons. The van der Waals surface area contributed by atoms with Crippen LogP contribution < -0.4 is 9.47 Å². The van der Waals surface area contributed by atoms with Gasteiger partial charge in [0.05, 0.1) is 14.2 Å². The number of rotatable bonds is 13. The van der Waals surface area contributed by atoms with Crippen molar-refractivity contribution in [3.05, 3.63) is 141 Å². The molecule has 4 aromatic carbocycles. The molecule has 0 N–H and O–H groups in total. The summed E-state index contributed by atoms with van der Waals surface area (Å²) in [5.41, 5.74) is 4.10. The Hall–Kier alpha value is -5.18. The Kier molecular flexibility index (Phi) is 11.1. The SMILES string of the molecule is COc1ccc(C2=NC(=Cc3ccc(Cl)cc3)C(=O)N2CCCCCCN2C(=O)C(=Cc3ccc(Cl)cc3)N=C2c2ccc(OC)cc2)cc1. The lowest BCUT2D eigenvalue weighted by Crippen LogP contribution is -2.34. The van der Waals surface area contributed by atoms with Gasteiger partial charge in [0.15, 0.2) is 0 Å². The van der Waals surface area contributed by atoms with Gasteiger partial charge in [-0.25, -0.2) is 9.98 Å². The first-order valence-corrected chi connectivity index (χ1v) is 17.1. The fourth-order valence-electron chi connectivity index (χ4n) is 5.76. The van der Waals surface area contributed by atoms with Crippen molar-refractivity contribution >= 4 is 58.8 Å². The number of ether oxygens (including phenoxy) is 2. The molecule has 0 aliphatic carbocycles. The molecule has 4 aromatic rings. The van der Waals surface area contributed by atoms with Crippen molar-refractivity contribution in [2.24, 2.45) is 9.98 Å². The summed E-state index contributed by atoms with van der Waals surface area (Å²) in [7, 11) is 3.24. The quantitative estimate of drug-likeness (QED) is 0.103. The van der Waals surface area contributed by atoms with Crippen molar-refractivity contribution in [2.45, 2.75) is 25.7 Å². The molecule has 0 aromatic heterocycles. The average Bonchev–Trinajstić information content (AvgIpc) is 3.62. The maximum atomic E-state index is 13.6. The first-order chi connectivity index (χ1) is 24.3. The summed E-state index contributed by atoms with van der Waals surface area (Å²) in [5, 5.41) is 1.25. The molecule has 0 atom stereocenters. The van der Waals surface area contributed by atoms with Crippen molar-refractivity contribution in [2.75, 3.05) is 27.3 Å². The minimum Gasteiger partial charge on any atom is -0.497 e. The standard InChI is InChI=1S/C40H36Cl2N4O4/c1-49-33-19-11-29(12-20-33)37-43-35(25-27-7-15-31(41)16-8-27)39(47)45(37)23-5-3-4-6-24-46-38(30-13-21-34(50-2)22-14-30)44-36(40(46)48)26-28-9-17-32(42)18-10-28/h7-22,25-26H,3-6,23-24H2,1-2H3. The summed E-state index contributed by atoms with van der Waals surface area (Å²) in [6, 6.07) is 29.7. The van der Waals surface area contributed by atoms with E-state index in [-0.39, 0.29) is 11.8 Å². The number of carbonyl (C=O) groups is 2. The third-order valence-electron chi connectivity index (χ3n) is 8.45. The number of benzene rings is 4. The number of carbonyl (C=O) groups excluding carboxylic acids is 2. The van der Waals surface area contributed by atoms with Crippen molar-refractivity contribution in [3.63, 3.8) is 0 Å². The van der Waals surface area contributed by atoms with Gasteiger partial charge in [-0.1, -0.05) is 60.3 Å². The Morgan fingerprint density at radius 1 is 0.540 bits per heavy atom. The van der Waals surface area contributed by atoms with Crippen LogP contribution in [0.4, 0.5) is 0 Å². The molecule has 0 unspecified atom stereocenters. The summed E-state index contributed by atoms with van der Waals surface area (Å²) >= 11 is 12.1. The number of amidine groups is 2. The van der Waals surface area contributed by atoms with Gasteiger partial charge in [0.2, 0.25) is 0 Å². The van der Waals surface area contributed by atoms with Gasteiger partial charge < -0.3 is 9.47 Å². The maximum Gasteiger partial charge on any atom is 0.278 e. The van der Waals surface area contributed by atoms with Crippen molar-refractivity contribution in [1.29, 1.82) is 0 Å². The van der Waals surface area contributed by atoms with Crippen LogP contribution in [0.5, 0.6) is 11.5 Å². The van der Waals surface area contributed by atoms with Gasteiger partial charge in [0.1, 0.15) is 34.6 Å². The summed E-state index contributed by atoms with van der Waals surface area (Å²) in [4.78, 5) is 40.3. The van der Waals surface area contributed by atoms with Gasteiger partial charge >= 0.3 is 0 Å². The van der Waals surface area contributed by atoms with Gasteiger partial charge in [0, 0.05) is 34.3 Å². The highest BCUT2D eigenvalue weighted by molar-refractivity contribution is 6.31. The van der Waals surface area contributed by atoms with Crippen LogP contribution in [0, 0.1) is 0 Å². The number of halogens is 2. The fraction of sp³-hybridized carbons (Fsp3) is 0.200. The summed E-state index contributed by atoms with van der Waals surface area (Å²) in [6.45, 7) is 1.02. The van der Waals surface area contributed by atoms with E-state index in [1.54, 1.807) is 60.4 Å². The molecular formula is C40H36Cl2N4O4. The predicted octanol–water partition coefficient (Wildman–Crippen LogP) is 8.53. The fourth-order valence-corrected chi connectivity index (χ4v) is 6.02. The molecule has 2 heterocycles. The molecule has 2 aliphatic heterocycles. The lowest BCUT2D eigenvalue weighted by atomic mass is 10.1. The Labute approximate surface area is 302 Å². The number of hydrogen-bond donors (Lipinski definition) is 0. The molecule has 0 spiro atoms. The molecule has 8 nitrogen and oxygen atoms in total. The summed E-state index contributed by atoms with van der Waals surface area (Å²) < 4.78 is 10.7. The van der Waals surface area contributed by atoms with Crippen LogP contribution in [0.15, 0.2) is 118 Å². The minimum absolute atomic E-state index is 0.145. The van der Waals surface area contributed by atoms with E-state index in [1.807, 2.05) is 72.8 Å². The van der Waals surface area contributed by atoms with Crippen LogP contribution >= 0.6 is 23.2 Å². The van der Waals surface area contributed by atoms with E-state index in [1.165, 1.54) is 0 Å². The van der Waals surface area contributed by atoms with E-state index in [4.69, 9.17) is 42.7 Å². The maximum absolute atomic E-state index is 13.6. The molecule has 0 saturated heterocycles. The van der Waals surface area contributed by atoms with Gasteiger partial charge in [-0.05, 0) is 109 Å². The Bertz CT molecular complexity index is 1820. The lowest BCUT2D eigenvalue weighted by Gasteiger charge is -2.20. The molecule has 6 rings (SSSR count). The number of nitrogens with zero attached hydrogens (tertiary/aromatic N) is 4. The first-order valence-electron chi connectivity index (χ1n) is 16.4. The third-order valence-corrected chi connectivity index (χ3v) is 8.95. The van der Waals surface area contributed by atoms with Crippen LogP contribution in [-0.2, 0) is 9.59 Å². The van der Waals surface area contributed by atoms with Crippen molar-refractivity contribution < 1.29 is 19.1 Å². The highest BCUT2D eigenvalue weighted by Crippen LogP contribution is 2.27. The molecule has 0 fully saturated rings. The number of hydrogen-bond acceptors (Lipinski definition) is 6. The van der Waals surface area contributed by atoms with Crippen molar-refractivity contribution in [3.8, 4) is 11.5 Å². The van der Waals surface area contributed by atoms with E-state index in [9.17, 15) is 9.59 Å². The van der Waals surface area contributed by atoms with Crippen molar-refractivity contribution in [1.82, 2.24) is 9.80 Å².